The molecule has 0 saturated heterocycles. The molecule has 4 nitrogen and oxygen atoms in total. The summed E-state index contributed by atoms with van der Waals surface area (Å²) in [7, 11) is 0. The van der Waals surface area contributed by atoms with Gasteiger partial charge in [-0.15, -0.1) is 0 Å². The first kappa shape index (κ1) is 12.9. The minimum atomic E-state index is 0.138. The van der Waals surface area contributed by atoms with Crippen LogP contribution < -0.4 is 5.32 Å². The minimum Gasteiger partial charge on any atom is -0.323 e. The molecular weight excluding hydrogens is 250 g/mol. The molecule has 0 aliphatic heterocycles. The Hall–Kier alpha value is -2.10. The van der Waals surface area contributed by atoms with Crippen molar-refractivity contribution in [2.24, 2.45) is 5.92 Å². The summed E-state index contributed by atoms with van der Waals surface area (Å²) < 4.78 is 1.88. The maximum absolute atomic E-state index is 11.8. The first-order valence-electron chi connectivity index (χ1n) is 7.18. The highest BCUT2D eigenvalue weighted by Crippen LogP contribution is 2.27. The van der Waals surface area contributed by atoms with Gasteiger partial charge in [0.1, 0.15) is 0 Å². The summed E-state index contributed by atoms with van der Waals surface area (Å²) in [6.07, 6.45) is 7.79. The smallest absolute Gasteiger partial charge is 0.227 e. The van der Waals surface area contributed by atoms with E-state index in [-0.39, 0.29) is 11.8 Å². The van der Waals surface area contributed by atoms with Crippen LogP contribution in [0.25, 0.3) is 0 Å². The van der Waals surface area contributed by atoms with Gasteiger partial charge in [0.2, 0.25) is 5.91 Å². The molecule has 0 unspecified atom stereocenters. The Morgan fingerprint density at radius 2 is 2.10 bits per heavy atom. The largest absolute Gasteiger partial charge is 0.323 e. The topological polar surface area (TPSA) is 46.9 Å². The Balaban J connectivity index is 1.52. The lowest BCUT2D eigenvalue weighted by molar-refractivity contribution is -0.122. The number of nitrogens with zero attached hydrogens (tertiary/aromatic N) is 2. The number of aryl methyl sites for hydroxylation is 2. The van der Waals surface area contributed by atoms with Gasteiger partial charge in [-0.25, -0.2) is 0 Å². The quantitative estimate of drug-likeness (QED) is 0.907. The van der Waals surface area contributed by atoms with Crippen molar-refractivity contribution in [1.82, 2.24) is 9.78 Å². The van der Waals surface area contributed by atoms with Crippen LogP contribution in [-0.4, -0.2) is 15.7 Å². The molecule has 1 heterocycles. The molecule has 1 aliphatic carbocycles. The second-order valence-corrected chi connectivity index (χ2v) is 5.34. The van der Waals surface area contributed by atoms with Crippen molar-refractivity contribution in [3.63, 3.8) is 0 Å². The molecule has 3 rings (SSSR count). The monoisotopic (exact) mass is 269 g/mol. The highest BCUT2D eigenvalue weighted by Gasteiger charge is 2.25. The molecule has 4 heteroatoms. The van der Waals surface area contributed by atoms with Crippen molar-refractivity contribution in [3.05, 3.63) is 48.3 Å². The number of benzene rings is 1. The van der Waals surface area contributed by atoms with Crippen LogP contribution >= 0.6 is 0 Å². The fourth-order valence-corrected chi connectivity index (χ4v) is 2.35. The van der Waals surface area contributed by atoms with Gasteiger partial charge in [-0.05, 0) is 24.8 Å². The van der Waals surface area contributed by atoms with Crippen molar-refractivity contribution >= 4 is 11.6 Å². The number of nitrogens with one attached hydrogen (secondary N) is 1. The molecule has 2 aromatic rings. The van der Waals surface area contributed by atoms with Crippen LogP contribution in [0.3, 0.4) is 0 Å². The lowest BCUT2D eigenvalue weighted by Crippen LogP contribution is -2.27. The summed E-state index contributed by atoms with van der Waals surface area (Å²) in [6.45, 7) is 0.823. The number of hydrogen-bond acceptors (Lipinski definition) is 2. The van der Waals surface area contributed by atoms with E-state index in [1.165, 1.54) is 12.0 Å². The van der Waals surface area contributed by atoms with Gasteiger partial charge in [0.05, 0.1) is 11.9 Å². The zero-order valence-corrected chi connectivity index (χ0v) is 11.5. The molecule has 0 bridgehead atoms. The molecule has 1 saturated carbocycles. The number of carbonyl (C=O) groups excluding carboxylic acids is 1. The fraction of sp³-hybridized carbons (Fsp3) is 0.375. The molecule has 1 aromatic carbocycles. The lowest BCUT2D eigenvalue weighted by Gasteiger charge is -2.23. The molecule has 1 amide bonds. The number of rotatable bonds is 5. The van der Waals surface area contributed by atoms with E-state index in [9.17, 15) is 4.79 Å². The predicted molar refractivity (Wildman–Crippen MR) is 78.3 cm³/mol. The first-order chi connectivity index (χ1) is 9.81. The second-order valence-electron chi connectivity index (χ2n) is 5.34. The van der Waals surface area contributed by atoms with Gasteiger partial charge in [0.15, 0.2) is 0 Å². The summed E-state index contributed by atoms with van der Waals surface area (Å²) >= 11 is 0. The third-order valence-corrected chi connectivity index (χ3v) is 3.85. The van der Waals surface area contributed by atoms with Crippen LogP contribution in [0, 0.1) is 5.92 Å². The Kier molecular flexibility index (Phi) is 3.81. The second kappa shape index (κ2) is 5.90. The minimum absolute atomic E-state index is 0.138. The molecule has 1 aromatic heterocycles. The SMILES string of the molecule is O=C(Nc1cnn(CCc2ccccc2)c1)C1CCC1. The number of amides is 1. The predicted octanol–water partition coefficient (Wildman–Crippen LogP) is 2.86. The number of carbonyl (C=O) groups is 1. The van der Waals surface area contributed by atoms with Gasteiger partial charge >= 0.3 is 0 Å². The van der Waals surface area contributed by atoms with Crippen molar-refractivity contribution in [2.75, 3.05) is 5.32 Å². The molecule has 0 radical (unpaired) electrons. The van der Waals surface area contributed by atoms with Crippen LogP contribution in [0.4, 0.5) is 5.69 Å². The van der Waals surface area contributed by atoms with Crippen LogP contribution in [0.2, 0.25) is 0 Å². The molecule has 1 N–H and O–H groups in total. The van der Waals surface area contributed by atoms with E-state index in [0.29, 0.717) is 0 Å². The third-order valence-electron chi connectivity index (χ3n) is 3.85. The van der Waals surface area contributed by atoms with E-state index in [0.717, 1.165) is 31.5 Å². The van der Waals surface area contributed by atoms with E-state index in [1.54, 1.807) is 6.20 Å². The van der Waals surface area contributed by atoms with Crippen LogP contribution in [-0.2, 0) is 17.8 Å². The van der Waals surface area contributed by atoms with Crippen molar-refractivity contribution < 1.29 is 4.79 Å². The van der Waals surface area contributed by atoms with Gasteiger partial charge in [-0.2, -0.15) is 5.10 Å². The third kappa shape index (κ3) is 3.07. The van der Waals surface area contributed by atoms with E-state index < -0.39 is 0 Å². The molecule has 104 valence electrons. The molecular formula is C16H19N3O. The van der Waals surface area contributed by atoms with Crippen molar-refractivity contribution in [3.8, 4) is 0 Å². The normalized spacial score (nSPS) is 14.8. The highest BCUT2D eigenvalue weighted by molar-refractivity contribution is 5.92. The number of aromatic nitrogens is 2. The summed E-state index contributed by atoms with van der Waals surface area (Å²) in [5, 5.41) is 7.23. The van der Waals surface area contributed by atoms with E-state index >= 15 is 0 Å². The maximum atomic E-state index is 11.8. The van der Waals surface area contributed by atoms with Gasteiger partial charge in [0.25, 0.3) is 0 Å². The Morgan fingerprint density at radius 3 is 2.80 bits per heavy atom. The first-order valence-corrected chi connectivity index (χ1v) is 7.18. The molecule has 20 heavy (non-hydrogen) atoms. The van der Waals surface area contributed by atoms with Gasteiger partial charge in [0, 0.05) is 18.7 Å². The molecule has 1 aliphatic rings. The van der Waals surface area contributed by atoms with E-state index in [4.69, 9.17) is 0 Å². The van der Waals surface area contributed by atoms with Crippen molar-refractivity contribution in [2.45, 2.75) is 32.2 Å². The van der Waals surface area contributed by atoms with Gasteiger partial charge < -0.3 is 5.32 Å². The average molecular weight is 269 g/mol. The zero-order valence-electron chi connectivity index (χ0n) is 11.5. The maximum Gasteiger partial charge on any atom is 0.227 e. The lowest BCUT2D eigenvalue weighted by atomic mass is 9.85. The molecule has 0 atom stereocenters. The van der Waals surface area contributed by atoms with Gasteiger partial charge in [-0.3, -0.25) is 9.48 Å². The van der Waals surface area contributed by atoms with Crippen LogP contribution in [0.15, 0.2) is 42.7 Å². The van der Waals surface area contributed by atoms with Crippen LogP contribution in [0.5, 0.6) is 0 Å². The Morgan fingerprint density at radius 1 is 1.30 bits per heavy atom. The van der Waals surface area contributed by atoms with Gasteiger partial charge in [-0.1, -0.05) is 36.8 Å². The molecule has 1 fully saturated rings. The zero-order chi connectivity index (χ0) is 13.8. The number of anilines is 1. The Labute approximate surface area is 118 Å². The highest BCUT2D eigenvalue weighted by atomic mass is 16.1. The summed E-state index contributed by atoms with van der Waals surface area (Å²) in [5.74, 6) is 0.349. The van der Waals surface area contributed by atoms with Crippen LogP contribution in [0.1, 0.15) is 24.8 Å². The standard InChI is InChI=1S/C16H19N3O/c20-16(14-7-4-8-14)18-15-11-17-19(12-15)10-9-13-5-2-1-3-6-13/h1-3,5-6,11-12,14H,4,7-10H2,(H,18,20). The summed E-state index contributed by atoms with van der Waals surface area (Å²) in [5.41, 5.74) is 2.10. The van der Waals surface area contributed by atoms with E-state index in [1.807, 2.05) is 29.1 Å². The molecule has 0 spiro atoms. The summed E-state index contributed by atoms with van der Waals surface area (Å²) in [6, 6.07) is 10.3. The van der Waals surface area contributed by atoms with E-state index in [2.05, 4.69) is 22.5 Å². The van der Waals surface area contributed by atoms with Crippen molar-refractivity contribution in [1.29, 1.82) is 0 Å². The average Bonchev–Trinajstić information content (AvgIpc) is 2.83. The number of hydrogen-bond donors (Lipinski definition) is 1. The fourth-order valence-electron chi connectivity index (χ4n) is 2.35. The summed E-state index contributed by atoms with van der Waals surface area (Å²) in [4.78, 5) is 11.8. The Bertz CT molecular complexity index is 572.